The molecule has 1 aliphatic rings. The summed E-state index contributed by atoms with van der Waals surface area (Å²) in [5, 5.41) is 0.857. The van der Waals surface area contributed by atoms with Crippen LogP contribution in [0, 0.1) is 0 Å². The first-order chi connectivity index (χ1) is 12.9. The van der Waals surface area contributed by atoms with Crippen LogP contribution in [0.4, 0.5) is 5.82 Å². The average Bonchev–Trinajstić information content (AvgIpc) is 2.66. The van der Waals surface area contributed by atoms with Gasteiger partial charge in [0, 0.05) is 51.3 Å². The largest absolute Gasteiger partial charge is 0.353 e. The summed E-state index contributed by atoms with van der Waals surface area (Å²) >= 11 is 7.49. The van der Waals surface area contributed by atoms with Gasteiger partial charge in [0.05, 0.1) is 5.75 Å². The van der Waals surface area contributed by atoms with E-state index < -0.39 is 0 Å². The summed E-state index contributed by atoms with van der Waals surface area (Å²) in [7, 11) is 0. The zero-order chi connectivity index (χ0) is 20.0. The fourth-order valence-electron chi connectivity index (χ4n) is 3.15. The van der Waals surface area contributed by atoms with E-state index in [4.69, 9.17) is 11.6 Å². The first kappa shape index (κ1) is 21.8. The Morgan fingerprint density at radius 3 is 2.56 bits per heavy atom. The van der Waals surface area contributed by atoms with Gasteiger partial charge in [0.1, 0.15) is 11.0 Å². The summed E-state index contributed by atoms with van der Waals surface area (Å²) in [5.41, 5.74) is 0. The van der Waals surface area contributed by atoms with Crippen molar-refractivity contribution in [3.05, 3.63) is 11.2 Å². The molecule has 2 heterocycles. The molecule has 1 aromatic rings. The number of nitrogens with zero attached hydrogens (tertiary/aromatic N) is 5. The summed E-state index contributed by atoms with van der Waals surface area (Å²) in [6.45, 7) is 11.3. The molecule has 0 saturated carbocycles. The van der Waals surface area contributed by atoms with E-state index in [-0.39, 0.29) is 23.6 Å². The third-order valence-corrected chi connectivity index (χ3v) is 5.70. The third-order valence-electron chi connectivity index (χ3n) is 4.68. The second-order valence-electron chi connectivity index (χ2n) is 6.42. The predicted molar refractivity (Wildman–Crippen MR) is 109 cm³/mol. The number of hydrogen-bond donors (Lipinski definition) is 0. The molecule has 1 aliphatic heterocycles. The lowest BCUT2D eigenvalue weighted by Crippen LogP contribution is -2.54. The average molecular weight is 414 g/mol. The standard InChI is InChI=1S/C18H28ClN5O2S/c1-5-16(25)24-9-8-23(11-13(24)4)15-10-14(19)20-18(21-15)27-12-17(26)22(6-2)7-3/h10,13H,5-9,11-12H2,1-4H3/t13-/m0/s1. The summed E-state index contributed by atoms with van der Waals surface area (Å²) in [6, 6.07) is 1.85. The van der Waals surface area contributed by atoms with E-state index in [1.54, 1.807) is 11.0 Å². The van der Waals surface area contributed by atoms with Gasteiger partial charge in [0.2, 0.25) is 11.8 Å². The van der Waals surface area contributed by atoms with E-state index in [1.165, 1.54) is 11.8 Å². The third kappa shape index (κ3) is 5.72. The van der Waals surface area contributed by atoms with Gasteiger partial charge in [-0.25, -0.2) is 9.97 Å². The van der Waals surface area contributed by atoms with E-state index in [1.807, 2.05) is 32.6 Å². The molecule has 1 saturated heterocycles. The van der Waals surface area contributed by atoms with Gasteiger partial charge >= 0.3 is 0 Å². The minimum absolute atomic E-state index is 0.0652. The van der Waals surface area contributed by atoms with Crippen molar-refractivity contribution in [2.45, 2.75) is 45.3 Å². The van der Waals surface area contributed by atoms with Crippen molar-refractivity contribution in [2.75, 3.05) is 43.4 Å². The summed E-state index contributed by atoms with van der Waals surface area (Å²) in [5.74, 6) is 1.27. The van der Waals surface area contributed by atoms with Gasteiger partial charge in [0.25, 0.3) is 0 Å². The molecule has 7 nitrogen and oxygen atoms in total. The zero-order valence-electron chi connectivity index (χ0n) is 16.4. The molecule has 2 rings (SSSR count). The van der Waals surface area contributed by atoms with E-state index in [2.05, 4.69) is 14.9 Å². The van der Waals surface area contributed by atoms with Crippen LogP contribution in [0.15, 0.2) is 11.2 Å². The molecule has 2 amide bonds. The Kier molecular flexibility index (Phi) is 8.16. The Bertz CT molecular complexity index is 671. The van der Waals surface area contributed by atoms with E-state index in [0.717, 1.165) is 5.82 Å². The van der Waals surface area contributed by atoms with E-state index >= 15 is 0 Å². The molecule has 0 aromatic carbocycles. The lowest BCUT2D eigenvalue weighted by Gasteiger charge is -2.40. The summed E-state index contributed by atoms with van der Waals surface area (Å²) in [6.07, 6.45) is 0.519. The van der Waals surface area contributed by atoms with Crippen molar-refractivity contribution < 1.29 is 9.59 Å². The van der Waals surface area contributed by atoms with Crippen LogP contribution >= 0.6 is 23.4 Å². The van der Waals surface area contributed by atoms with Crippen LogP contribution in [0.1, 0.15) is 34.1 Å². The maximum Gasteiger partial charge on any atom is 0.233 e. The summed E-state index contributed by atoms with van der Waals surface area (Å²) in [4.78, 5) is 38.8. The van der Waals surface area contributed by atoms with Crippen LogP contribution in [0.5, 0.6) is 0 Å². The fourth-order valence-corrected chi connectivity index (χ4v) is 4.13. The molecule has 0 radical (unpaired) electrons. The molecule has 1 fully saturated rings. The molecule has 27 heavy (non-hydrogen) atoms. The van der Waals surface area contributed by atoms with Gasteiger partial charge in [0.15, 0.2) is 5.16 Å². The Labute approximate surface area is 170 Å². The number of carbonyl (C=O) groups is 2. The number of halogens is 1. The van der Waals surface area contributed by atoms with E-state index in [9.17, 15) is 9.59 Å². The van der Waals surface area contributed by atoms with Crippen LogP contribution in [-0.2, 0) is 9.59 Å². The number of carbonyl (C=O) groups excluding carboxylic acids is 2. The molecule has 0 spiro atoms. The first-order valence-electron chi connectivity index (χ1n) is 9.39. The number of rotatable bonds is 7. The molecule has 0 N–H and O–H groups in total. The smallest absolute Gasteiger partial charge is 0.233 e. The summed E-state index contributed by atoms with van der Waals surface area (Å²) < 4.78 is 0. The van der Waals surface area contributed by atoms with Crippen LogP contribution in [0.3, 0.4) is 0 Å². The maximum atomic E-state index is 12.2. The second kappa shape index (κ2) is 10.1. The quantitative estimate of drug-likeness (QED) is 0.388. The lowest BCUT2D eigenvalue weighted by atomic mass is 10.1. The fraction of sp³-hybridized carbons (Fsp3) is 0.667. The maximum absolute atomic E-state index is 12.2. The van der Waals surface area contributed by atoms with Crippen molar-refractivity contribution in [1.82, 2.24) is 19.8 Å². The Hall–Kier alpha value is -1.54. The molecule has 0 unspecified atom stereocenters. The molecular formula is C18H28ClN5O2S. The Balaban J connectivity index is 2.05. The first-order valence-corrected chi connectivity index (χ1v) is 10.7. The van der Waals surface area contributed by atoms with Gasteiger partial charge in [-0.05, 0) is 20.8 Å². The highest BCUT2D eigenvalue weighted by molar-refractivity contribution is 7.99. The highest BCUT2D eigenvalue weighted by Gasteiger charge is 2.27. The molecule has 9 heteroatoms. The highest BCUT2D eigenvalue weighted by atomic mass is 35.5. The van der Waals surface area contributed by atoms with Crippen molar-refractivity contribution in [2.24, 2.45) is 0 Å². The molecule has 1 aromatic heterocycles. The van der Waals surface area contributed by atoms with Gasteiger partial charge in [-0.15, -0.1) is 0 Å². The van der Waals surface area contributed by atoms with E-state index in [0.29, 0.717) is 49.5 Å². The molecular weight excluding hydrogens is 386 g/mol. The van der Waals surface area contributed by atoms with Gasteiger partial charge in [-0.2, -0.15) is 0 Å². The number of thioether (sulfide) groups is 1. The number of aromatic nitrogens is 2. The van der Waals surface area contributed by atoms with Crippen molar-refractivity contribution in [3.63, 3.8) is 0 Å². The Morgan fingerprint density at radius 1 is 1.26 bits per heavy atom. The van der Waals surface area contributed by atoms with Crippen LogP contribution in [0.2, 0.25) is 5.15 Å². The monoisotopic (exact) mass is 413 g/mol. The zero-order valence-corrected chi connectivity index (χ0v) is 18.0. The molecule has 0 bridgehead atoms. The predicted octanol–water partition coefficient (Wildman–Crippen LogP) is 2.54. The molecule has 0 aliphatic carbocycles. The normalized spacial score (nSPS) is 17.1. The topological polar surface area (TPSA) is 69.6 Å². The van der Waals surface area contributed by atoms with Gasteiger partial charge < -0.3 is 14.7 Å². The second-order valence-corrected chi connectivity index (χ2v) is 7.75. The van der Waals surface area contributed by atoms with Crippen LogP contribution in [0.25, 0.3) is 0 Å². The number of hydrogen-bond acceptors (Lipinski definition) is 6. The SMILES string of the molecule is CCC(=O)N1CCN(c2cc(Cl)nc(SCC(=O)N(CC)CC)n2)C[C@@H]1C. The van der Waals surface area contributed by atoms with Crippen LogP contribution < -0.4 is 4.90 Å². The van der Waals surface area contributed by atoms with Gasteiger partial charge in [-0.1, -0.05) is 30.3 Å². The number of piperazine rings is 1. The number of amides is 2. The minimum atomic E-state index is 0.0652. The van der Waals surface area contributed by atoms with Crippen molar-refractivity contribution in [1.29, 1.82) is 0 Å². The molecule has 1 atom stereocenters. The lowest BCUT2D eigenvalue weighted by molar-refractivity contribution is -0.133. The Morgan fingerprint density at radius 2 is 1.96 bits per heavy atom. The van der Waals surface area contributed by atoms with Crippen molar-refractivity contribution >= 4 is 41.0 Å². The van der Waals surface area contributed by atoms with Crippen molar-refractivity contribution in [3.8, 4) is 0 Å². The minimum Gasteiger partial charge on any atom is -0.353 e. The number of anilines is 1. The van der Waals surface area contributed by atoms with Crippen LogP contribution in [-0.4, -0.2) is 76.1 Å². The van der Waals surface area contributed by atoms with Gasteiger partial charge in [-0.3, -0.25) is 9.59 Å². The molecule has 150 valence electrons. The highest BCUT2D eigenvalue weighted by Crippen LogP contribution is 2.24.